The molecule has 19 heavy (non-hydrogen) atoms. The molecule has 0 amide bonds. The molecule has 1 aliphatic rings. The Bertz CT molecular complexity index is 470. The lowest BCUT2D eigenvalue weighted by molar-refractivity contribution is 0.766. The number of benzene rings is 1. The van der Waals surface area contributed by atoms with Crippen LogP contribution < -0.4 is 10.6 Å². The quantitative estimate of drug-likeness (QED) is 0.659. The van der Waals surface area contributed by atoms with E-state index < -0.39 is 0 Å². The van der Waals surface area contributed by atoms with Crippen molar-refractivity contribution in [3.63, 3.8) is 0 Å². The summed E-state index contributed by atoms with van der Waals surface area (Å²) >= 11 is 3.49. The summed E-state index contributed by atoms with van der Waals surface area (Å²) in [5, 5.41) is 6.78. The van der Waals surface area contributed by atoms with Crippen molar-refractivity contribution >= 4 is 21.9 Å². The molecule has 0 aromatic heterocycles. The summed E-state index contributed by atoms with van der Waals surface area (Å²) in [4.78, 5) is 4.67. The lowest BCUT2D eigenvalue weighted by Gasteiger charge is -2.11. The summed E-state index contributed by atoms with van der Waals surface area (Å²) in [5.74, 6) is 1.71. The fourth-order valence-electron chi connectivity index (χ4n) is 2.02. The molecule has 2 unspecified atom stereocenters. The highest BCUT2D eigenvalue weighted by atomic mass is 79.9. The molecule has 0 spiro atoms. The molecule has 4 heteroatoms. The molecule has 0 aliphatic heterocycles. The molecule has 3 nitrogen and oxygen atoms in total. The van der Waals surface area contributed by atoms with Crippen LogP contribution in [-0.2, 0) is 6.54 Å². The number of guanidine groups is 1. The van der Waals surface area contributed by atoms with Crippen LogP contribution in [0.4, 0.5) is 0 Å². The first-order chi connectivity index (χ1) is 9.10. The predicted octanol–water partition coefficient (Wildman–Crippen LogP) is 3.22. The Labute approximate surface area is 124 Å². The number of hydrogen-bond donors (Lipinski definition) is 2. The van der Waals surface area contributed by atoms with E-state index in [1.165, 1.54) is 17.5 Å². The van der Waals surface area contributed by atoms with Crippen molar-refractivity contribution in [2.24, 2.45) is 10.9 Å². The Morgan fingerprint density at radius 1 is 1.47 bits per heavy atom. The van der Waals surface area contributed by atoms with E-state index in [1.807, 2.05) is 0 Å². The van der Waals surface area contributed by atoms with Crippen molar-refractivity contribution in [2.45, 2.75) is 39.8 Å². The molecule has 2 atom stereocenters. The number of aryl methyl sites for hydroxylation is 1. The van der Waals surface area contributed by atoms with Crippen LogP contribution in [0.1, 0.15) is 31.4 Å². The maximum absolute atomic E-state index is 4.67. The van der Waals surface area contributed by atoms with Gasteiger partial charge in [-0.1, -0.05) is 28.9 Å². The van der Waals surface area contributed by atoms with Crippen LogP contribution in [0.15, 0.2) is 27.7 Å². The lowest BCUT2D eigenvalue weighted by Crippen LogP contribution is -2.39. The molecule has 1 saturated carbocycles. The largest absolute Gasteiger partial charge is 0.357 e. The summed E-state index contributed by atoms with van der Waals surface area (Å²) in [6.45, 7) is 8.10. The van der Waals surface area contributed by atoms with Gasteiger partial charge in [0, 0.05) is 17.1 Å². The lowest BCUT2D eigenvalue weighted by atomic mass is 10.1. The highest BCUT2D eigenvalue weighted by Crippen LogP contribution is 2.28. The Hall–Kier alpha value is -1.03. The Morgan fingerprint density at radius 3 is 2.79 bits per heavy atom. The molecular formula is C15H22BrN3. The van der Waals surface area contributed by atoms with Crippen LogP contribution in [0.3, 0.4) is 0 Å². The third-order valence-corrected chi connectivity index (χ3v) is 3.98. The Morgan fingerprint density at radius 2 is 2.21 bits per heavy atom. The zero-order chi connectivity index (χ0) is 13.8. The number of rotatable bonds is 4. The highest BCUT2D eigenvalue weighted by molar-refractivity contribution is 9.10. The topological polar surface area (TPSA) is 36.4 Å². The van der Waals surface area contributed by atoms with Gasteiger partial charge in [0.05, 0.1) is 6.54 Å². The molecular weight excluding hydrogens is 302 g/mol. The van der Waals surface area contributed by atoms with Gasteiger partial charge in [0.15, 0.2) is 5.96 Å². The number of halogens is 1. The van der Waals surface area contributed by atoms with Gasteiger partial charge in [-0.25, -0.2) is 4.99 Å². The minimum atomic E-state index is 0.601. The predicted molar refractivity (Wildman–Crippen MR) is 84.4 cm³/mol. The van der Waals surface area contributed by atoms with Crippen LogP contribution >= 0.6 is 15.9 Å². The first kappa shape index (κ1) is 14.4. The molecule has 0 bridgehead atoms. The number of hydrogen-bond acceptors (Lipinski definition) is 1. The van der Waals surface area contributed by atoms with Crippen LogP contribution in [0.5, 0.6) is 0 Å². The Kier molecular flexibility index (Phi) is 4.86. The second-order valence-electron chi connectivity index (χ2n) is 5.23. The molecule has 2 rings (SSSR count). The molecule has 1 aromatic rings. The van der Waals surface area contributed by atoms with Crippen molar-refractivity contribution in [3.05, 3.63) is 33.8 Å². The zero-order valence-electron chi connectivity index (χ0n) is 11.8. The van der Waals surface area contributed by atoms with E-state index in [9.17, 15) is 0 Å². The van der Waals surface area contributed by atoms with Gasteiger partial charge in [-0.2, -0.15) is 0 Å². The van der Waals surface area contributed by atoms with E-state index in [-0.39, 0.29) is 0 Å². The molecule has 0 radical (unpaired) electrons. The average Bonchev–Trinajstić information content (AvgIpc) is 3.04. The van der Waals surface area contributed by atoms with Crippen molar-refractivity contribution < 1.29 is 0 Å². The van der Waals surface area contributed by atoms with E-state index in [4.69, 9.17) is 0 Å². The van der Waals surface area contributed by atoms with E-state index >= 15 is 0 Å². The van der Waals surface area contributed by atoms with E-state index in [0.29, 0.717) is 6.04 Å². The zero-order valence-corrected chi connectivity index (χ0v) is 13.4. The Balaban J connectivity index is 2.00. The fraction of sp³-hybridized carbons (Fsp3) is 0.533. The summed E-state index contributed by atoms with van der Waals surface area (Å²) in [7, 11) is 0. The van der Waals surface area contributed by atoms with Crippen molar-refractivity contribution in [1.82, 2.24) is 10.6 Å². The van der Waals surface area contributed by atoms with E-state index in [2.05, 4.69) is 70.5 Å². The smallest absolute Gasteiger partial charge is 0.191 e. The monoisotopic (exact) mass is 323 g/mol. The van der Waals surface area contributed by atoms with Gasteiger partial charge in [0.2, 0.25) is 0 Å². The first-order valence-corrected chi connectivity index (χ1v) is 7.69. The van der Waals surface area contributed by atoms with Crippen molar-refractivity contribution in [2.75, 3.05) is 6.54 Å². The SMILES string of the molecule is CCNC(=NCc1ccc(Br)cc1C)NC1CC1C. The summed E-state index contributed by atoms with van der Waals surface area (Å²) in [6.07, 6.45) is 1.25. The van der Waals surface area contributed by atoms with Crippen LogP contribution in [0.2, 0.25) is 0 Å². The van der Waals surface area contributed by atoms with Crippen LogP contribution in [0.25, 0.3) is 0 Å². The minimum Gasteiger partial charge on any atom is -0.357 e. The third kappa shape index (κ3) is 4.23. The normalized spacial score (nSPS) is 22.2. The molecule has 1 aliphatic carbocycles. The first-order valence-electron chi connectivity index (χ1n) is 6.90. The minimum absolute atomic E-state index is 0.601. The molecule has 0 heterocycles. The van der Waals surface area contributed by atoms with Gasteiger partial charge >= 0.3 is 0 Å². The van der Waals surface area contributed by atoms with Gasteiger partial charge in [-0.3, -0.25) is 0 Å². The molecule has 104 valence electrons. The van der Waals surface area contributed by atoms with Gasteiger partial charge in [0.1, 0.15) is 0 Å². The number of nitrogens with one attached hydrogen (secondary N) is 2. The van der Waals surface area contributed by atoms with Crippen molar-refractivity contribution in [3.8, 4) is 0 Å². The fourth-order valence-corrected chi connectivity index (χ4v) is 2.50. The van der Waals surface area contributed by atoms with Crippen LogP contribution in [0, 0.1) is 12.8 Å². The van der Waals surface area contributed by atoms with Gasteiger partial charge < -0.3 is 10.6 Å². The second kappa shape index (κ2) is 6.42. The second-order valence-corrected chi connectivity index (χ2v) is 6.15. The third-order valence-electron chi connectivity index (χ3n) is 3.49. The highest BCUT2D eigenvalue weighted by Gasteiger charge is 2.33. The maximum atomic E-state index is 4.67. The molecule has 2 N–H and O–H groups in total. The summed E-state index contributed by atoms with van der Waals surface area (Å²) < 4.78 is 1.12. The number of nitrogens with zero attached hydrogens (tertiary/aromatic N) is 1. The molecule has 1 fully saturated rings. The summed E-state index contributed by atoms with van der Waals surface area (Å²) in [5.41, 5.74) is 2.54. The standard InChI is InChI=1S/C15H22BrN3/c1-4-17-15(19-14-8-11(14)3)18-9-12-5-6-13(16)7-10(12)2/h5-7,11,14H,4,8-9H2,1-3H3,(H2,17,18,19). The molecule has 0 saturated heterocycles. The summed E-state index contributed by atoms with van der Waals surface area (Å²) in [6, 6.07) is 6.94. The average molecular weight is 324 g/mol. The van der Waals surface area contributed by atoms with Crippen LogP contribution in [-0.4, -0.2) is 18.5 Å². The molecule has 1 aromatic carbocycles. The number of aliphatic imine (C=N–C) groups is 1. The van der Waals surface area contributed by atoms with E-state index in [0.717, 1.165) is 29.4 Å². The van der Waals surface area contributed by atoms with Gasteiger partial charge in [-0.15, -0.1) is 0 Å². The van der Waals surface area contributed by atoms with E-state index in [1.54, 1.807) is 0 Å². The maximum Gasteiger partial charge on any atom is 0.191 e. The van der Waals surface area contributed by atoms with Crippen molar-refractivity contribution in [1.29, 1.82) is 0 Å². The van der Waals surface area contributed by atoms with Gasteiger partial charge in [-0.05, 0) is 49.4 Å². The van der Waals surface area contributed by atoms with Gasteiger partial charge in [0.25, 0.3) is 0 Å².